The van der Waals surface area contributed by atoms with Crippen molar-refractivity contribution < 1.29 is 0 Å². The fraction of sp³-hybridized carbons (Fsp3) is 1.00. The Labute approximate surface area is 108 Å². The maximum Gasteiger partial charge on any atom is 0.0121 e. The quantitative estimate of drug-likeness (QED) is 0.745. The van der Waals surface area contributed by atoms with Crippen LogP contribution in [-0.4, -0.2) is 12.1 Å². The van der Waals surface area contributed by atoms with Gasteiger partial charge in [-0.1, -0.05) is 47.0 Å². The second-order valence-electron chi connectivity index (χ2n) is 7.91. The van der Waals surface area contributed by atoms with Gasteiger partial charge in [0.15, 0.2) is 0 Å². The Balaban J connectivity index is 1.91. The lowest BCUT2D eigenvalue weighted by atomic mass is 9.71. The first kappa shape index (κ1) is 13.4. The normalized spacial score (nSPS) is 36.7. The standard InChI is InChI=1S/C16H31N/c1-15(2)10-7-8-13(12-15)17-14-9-5-6-11-16(14,3)4/h13-14,17H,5-12H2,1-4H3. The zero-order chi connectivity index (χ0) is 12.5. The van der Waals surface area contributed by atoms with E-state index < -0.39 is 0 Å². The molecule has 2 rings (SSSR count). The van der Waals surface area contributed by atoms with Gasteiger partial charge in [0.25, 0.3) is 0 Å². The van der Waals surface area contributed by atoms with Crippen molar-refractivity contribution in [2.75, 3.05) is 0 Å². The summed E-state index contributed by atoms with van der Waals surface area (Å²) >= 11 is 0. The fourth-order valence-electron chi connectivity index (χ4n) is 3.93. The first-order valence-corrected chi connectivity index (χ1v) is 7.65. The van der Waals surface area contributed by atoms with Gasteiger partial charge in [-0.05, 0) is 42.9 Å². The second kappa shape index (κ2) is 4.91. The molecule has 0 heterocycles. The number of hydrogen-bond donors (Lipinski definition) is 1. The van der Waals surface area contributed by atoms with Crippen LogP contribution < -0.4 is 5.32 Å². The third kappa shape index (κ3) is 3.47. The SMILES string of the molecule is CC1(C)CCCC(NC2CCCCC2(C)C)C1. The summed E-state index contributed by atoms with van der Waals surface area (Å²) in [4.78, 5) is 0. The van der Waals surface area contributed by atoms with E-state index >= 15 is 0 Å². The maximum absolute atomic E-state index is 4.00. The Morgan fingerprint density at radius 1 is 0.882 bits per heavy atom. The van der Waals surface area contributed by atoms with Crippen LogP contribution in [0, 0.1) is 10.8 Å². The third-order valence-electron chi connectivity index (χ3n) is 5.15. The molecular weight excluding hydrogens is 206 g/mol. The van der Waals surface area contributed by atoms with Gasteiger partial charge in [-0.3, -0.25) is 0 Å². The van der Waals surface area contributed by atoms with E-state index in [-0.39, 0.29) is 0 Å². The molecule has 0 aromatic rings. The highest BCUT2D eigenvalue weighted by Gasteiger charge is 2.35. The molecule has 0 aromatic carbocycles. The summed E-state index contributed by atoms with van der Waals surface area (Å²) in [5.74, 6) is 0. The molecule has 1 heteroatoms. The zero-order valence-corrected chi connectivity index (χ0v) is 12.3. The van der Waals surface area contributed by atoms with Gasteiger partial charge in [0, 0.05) is 12.1 Å². The molecule has 0 aliphatic heterocycles. The molecule has 0 radical (unpaired) electrons. The van der Waals surface area contributed by atoms with Crippen molar-refractivity contribution >= 4 is 0 Å². The molecule has 0 aromatic heterocycles. The number of nitrogens with one attached hydrogen (secondary N) is 1. The van der Waals surface area contributed by atoms with E-state index in [4.69, 9.17) is 0 Å². The molecule has 2 aliphatic rings. The molecule has 2 atom stereocenters. The smallest absolute Gasteiger partial charge is 0.0121 e. The molecule has 2 saturated carbocycles. The van der Waals surface area contributed by atoms with Crippen molar-refractivity contribution in [3.8, 4) is 0 Å². The monoisotopic (exact) mass is 237 g/mol. The number of rotatable bonds is 2. The lowest BCUT2D eigenvalue weighted by Gasteiger charge is -2.44. The minimum atomic E-state index is 0.514. The summed E-state index contributed by atoms with van der Waals surface area (Å²) in [6.07, 6.45) is 11.3. The first-order chi connectivity index (χ1) is 7.89. The molecule has 0 saturated heterocycles. The molecule has 100 valence electrons. The van der Waals surface area contributed by atoms with E-state index in [0.717, 1.165) is 12.1 Å². The van der Waals surface area contributed by atoms with Gasteiger partial charge in [0.1, 0.15) is 0 Å². The maximum atomic E-state index is 4.00. The molecule has 1 N–H and O–H groups in total. The Kier molecular flexibility index (Phi) is 3.87. The molecule has 0 spiro atoms. The van der Waals surface area contributed by atoms with Crippen LogP contribution in [0.25, 0.3) is 0 Å². The first-order valence-electron chi connectivity index (χ1n) is 7.65. The van der Waals surface area contributed by atoms with E-state index in [0.29, 0.717) is 10.8 Å². The highest BCUT2D eigenvalue weighted by atomic mass is 15.0. The van der Waals surface area contributed by atoms with Crippen LogP contribution in [0.1, 0.15) is 79.1 Å². The van der Waals surface area contributed by atoms with Crippen molar-refractivity contribution in [1.29, 1.82) is 0 Å². The predicted octanol–water partition coefficient (Wildman–Crippen LogP) is 4.51. The Morgan fingerprint density at radius 2 is 1.65 bits per heavy atom. The number of hydrogen-bond acceptors (Lipinski definition) is 1. The minimum absolute atomic E-state index is 0.514. The molecule has 2 unspecified atom stereocenters. The van der Waals surface area contributed by atoms with Crippen LogP contribution in [0.2, 0.25) is 0 Å². The highest BCUT2D eigenvalue weighted by molar-refractivity contribution is 4.92. The Bertz CT molecular complexity index is 254. The van der Waals surface area contributed by atoms with Crippen LogP contribution >= 0.6 is 0 Å². The summed E-state index contributed by atoms with van der Waals surface area (Å²) in [6.45, 7) is 9.79. The van der Waals surface area contributed by atoms with E-state index in [9.17, 15) is 0 Å². The van der Waals surface area contributed by atoms with Crippen LogP contribution in [-0.2, 0) is 0 Å². The van der Waals surface area contributed by atoms with Crippen molar-refractivity contribution in [3.63, 3.8) is 0 Å². The van der Waals surface area contributed by atoms with Crippen LogP contribution in [0.15, 0.2) is 0 Å². The van der Waals surface area contributed by atoms with Crippen molar-refractivity contribution in [3.05, 3.63) is 0 Å². The fourth-order valence-corrected chi connectivity index (χ4v) is 3.93. The summed E-state index contributed by atoms with van der Waals surface area (Å²) in [7, 11) is 0. The molecule has 2 fully saturated rings. The van der Waals surface area contributed by atoms with E-state index in [1.807, 2.05) is 0 Å². The lowest BCUT2D eigenvalue weighted by Crippen LogP contribution is -2.50. The Morgan fingerprint density at radius 3 is 2.29 bits per heavy atom. The topological polar surface area (TPSA) is 12.0 Å². The highest BCUT2D eigenvalue weighted by Crippen LogP contribution is 2.39. The van der Waals surface area contributed by atoms with Gasteiger partial charge in [-0.15, -0.1) is 0 Å². The summed E-state index contributed by atoms with van der Waals surface area (Å²) < 4.78 is 0. The van der Waals surface area contributed by atoms with E-state index in [1.54, 1.807) is 0 Å². The van der Waals surface area contributed by atoms with Crippen LogP contribution in [0.5, 0.6) is 0 Å². The minimum Gasteiger partial charge on any atom is -0.311 e. The largest absolute Gasteiger partial charge is 0.311 e. The van der Waals surface area contributed by atoms with Gasteiger partial charge >= 0.3 is 0 Å². The molecule has 0 bridgehead atoms. The average molecular weight is 237 g/mol. The van der Waals surface area contributed by atoms with Gasteiger partial charge in [0.05, 0.1) is 0 Å². The molecule has 2 aliphatic carbocycles. The van der Waals surface area contributed by atoms with Crippen LogP contribution in [0.4, 0.5) is 0 Å². The van der Waals surface area contributed by atoms with Crippen molar-refractivity contribution in [1.82, 2.24) is 5.32 Å². The molecule has 0 amide bonds. The lowest BCUT2D eigenvalue weighted by molar-refractivity contribution is 0.121. The molecule has 17 heavy (non-hydrogen) atoms. The van der Waals surface area contributed by atoms with Crippen molar-refractivity contribution in [2.24, 2.45) is 10.8 Å². The third-order valence-corrected chi connectivity index (χ3v) is 5.15. The molecular formula is C16H31N. The summed E-state index contributed by atoms with van der Waals surface area (Å²) in [5, 5.41) is 4.00. The van der Waals surface area contributed by atoms with E-state index in [2.05, 4.69) is 33.0 Å². The van der Waals surface area contributed by atoms with Crippen molar-refractivity contribution in [2.45, 2.75) is 91.1 Å². The van der Waals surface area contributed by atoms with Crippen LogP contribution in [0.3, 0.4) is 0 Å². The summed E-state index contributed by atoms with van der Waals surface area (Å²) in [6, 6.07) is 1.54. The second-order valence-corrected chi connectivity index (χ2v) is 7.91. The summed E-state index contributed by atoms with van der Waals surface area (Å²) in [5.41, 5.74) is 1.08. The molecule has 1 nitrogen and oxygen atoms in total. The van der Waals surface area contributed by atoms with Gasteiger partial charge in [0.2, 0.25) is 0 Å². The predicted molar refractivity (Wildman–Crippen MR) is 75.2 cm³/mol. The van der Waals surface area contributed by atoms with Gasteiger partial charge in [-0.2, -0.15) is 0 Å². The average Bonchev–Trinajstić information content (AvgIpc) is 2.20. The van der Waals surface area contributed by atoms with Gasteiger partial charge in [-0.25, -0.2) is 0 Å². The Hall–Kier alpha value is -0.0400. The zero-order valence-electron chi connectivity index (χ0n) is 12.3. The van der Waals surface area contributed by atoms with Gasteiger partial charge < -0.3 is 5.32 Å². The van der Waals surface area contributed by atoms with E-state index in [1.165, 1.54) is 51.4 Å².